The molecular weight excluding hydrogens is 256 g/mol. The van der Waals surface area contributed by atoms with Crippen LogP contribution in [0.25, 0.3) is 0 Å². The number of amides is 1. The summed E-state index contributed by atoms with van der Waals surface area (Å²) in [6.07, 6.45) is 2.07. The van der Waals surface area contributed by atoms with Gasteiger partial charge in [0.05, 0.1) is 19.8 Å². The largest absolute Gasteiger partial charge is 0.497 e. The molecule has 1 saturated heterocycles. The van der Waals surface area contributed by atoms with Crippen molar-refractivity contribution in [3.63, 3.8) is 0 Å². The molecule has 0 radical (unpaired) electrons. The maximum absolute atomic E-state index is 12.4. The third-order valence-corrected chi connectivity index (χ3v) is 3.73. The van der Waals surface area contributed by atoms with E-state index >= 15 is 0 Å². The van der Waals surface area contributed by atoms with E-state index in [0.717, 1.165) is 19.4 Å². The molecule has 0 bridgehead atoms. The number of carbonyl (C=O) groups is 1. The summed E-state index contributed by atoms with van der Waals surface area (Å²) in [4.78, 5) is 12.4. The van der Waals surface area contributed by atoms with Crippen LogP contribution in [0.5, 0.6) is 11.5 Å². The molecule has 20 heavy (non-hydrogen) atoms. The summed E-state index contributed by atoms with van der Waals surface area (Å²) in [7, 11) is 3.14. The average molecular weight is 278 g/mol. The number of hydrogen-bond donors (Lipinski definition) is 2. The van der Waals surface area contributed by atoms with Gasteiger partial charge in [0, 0.05) is 12.1 Å². The molecule has 2 unspecified atom stereocenters. The van der Waals surface area contributed by atoms with Gasteiger partial charge in [-0.25, -0.2) is 0 Å². The smallest absolute Gasteiger partial charge is 0.255 e. The second-order valence-corrected chi connectivity index (χ2v) is 5.03. The standard InChI is InChI=1S/C15H22N2O3/c1-10-13(5-4-8-16-10)17-15(18)12-9-11(19-2)6-7-14(12)20-3/h6-7,9-10,13,16H,4-5,8H2,1-3H3,(H,17,18). The fourth-order valence-corrected chi connectivity index (χ4v) is 2.48. The minimum Gasteiger partial charge on any atom is -0.497 e. The fourth-order valence-electron chi connectivity index (χ4n) is 2.48. The van der Waals surface area contributed by atoms with Gasteiger partial charge in [0.1, 0.15) is 11.5 Å². The quantitative estimate of drug-likeness (QED) is 0.878. The molecule has 5 nitrogen and oxygen atoms in total. The molecule has 0 spiro atoms. The normalized spacial score (nSPS) is 22.1. The molecule has 2 N–H and O–H groups in total. The zero-order valence-corrected chi connectivity index (χ0v) is 12.2. The summed E-state index contributed by atoms with van der Waals surface area (Å²) in [5.74, 6) is 1.08. The van der Waals surface area contributed by atoms with Crippen molar-refractivity contribution in [3.8, 4) is 11.5 Å². The molecule has 0 aromatic heterocycles. The van der Waals surface area contributed by atoms with Gasteiger partial charge in [-0.1, -0.05) is 0 Å². The van der Waals surface area contributed by atoms with Crippen LogP contribution in [0.1, 0.15) is 30.1 Å². The van der Waals surface area contributed by atoms with Crippen LogP contribution in [-0.2, 0) is 0 Å². The van der Waals surface area contributed by atoms with Gasteiger partial charge < -0.3 is 20.1 Å². The van der Waals surface area contributed by atoms with E-state index < -0.39 is 0 Å². The second-order valence-electron chi connectivity index (χ2n) is 5.03. The molecule has 5 heteroatoms. The highest BCUT2D eigenvalue weighted by molar-refractivity contribution is 5.97. The third-order valence-electron chi connectivity index (χ3n) is 3.73. The Labute approximate surface area is 119 Å². The lowest BCUT2D eigenvalue weighted by Crippen LogP contribution is -2.51. The van der Waals surface area contributed by atoms with Crippen molar-refractivity contribution in [2.45, 2.75) is 31.8 Å². The summed E-state index contributed by atoms with van der Waals surface area (Å²) in [5.41, 5.74) is 0.504. The van der Waals surface area contributed by atoms with Crippen molar-refractivity contribution in [1.29, 1.82) is 0 Å². The van der Waals surface area contributed by atoms with Crippen molar-refractivity contribution < 1.29 is 14.3 Å². The number of piperidine rings is 1. The maximum Gasteiger partial charge on any atom is 0.255 e. The number of ether oxygens (including phenoxy) is 2. The molecule has 0 aliphatic carbocycles. The fraction of sp³-hybridized carbons (Fsp3) is 0.533. The number of carbonyl (C=O) groups excluding carboxylic acids is 1. The zero-order chi connectivity index (χ0) is 14.5. The molecular formula is C15H22N2O3. The zero-order valence-electron chi connectivity index (χ0n) is 12.2. The SMILES string of the molecule is COc1ccc(OC)c(C(=O)NC2CCCNC2C)c1. The van der Waals surface area contributed by atoms with Crippen LogP contribution in [-0.4, -0.2) is 38.8 Å². The molecule has 1 aliphatic heterocycles. The van der Waals surface area contributed by atoms with Gasteiger partial charge >= 0.3 is 0 Å². The number of rotatable bonds is 4. The van der Waals surface area contributed by atoms with Crippen molar-refractivity contribution in [3.05, 3.63) is 23.8 Å². The molecule has 110 valence electrons. The highest BCUT2D eigenvalue weighted by atomic mass is 16.5. The van der Waals surface area contributed by atoms with Crippen LogP contribution in [0.3, 0.4) is 0 Å². The monoisotopic (exact) mass is 278 g/mol. The van der Waals surface area contributed by atoms with Crippen LogP contribution >= 0.6 is 0 Å². The molecule has 2 rings (SSSR count). The Morgan fingerprint density at radius 3 is 2.80 bits per heavy atom. The Balaban J connectivity index is 2.15. The van der Waals surface area contributed by atoms with Gasteiger partial charge in [0.15, 0.2) is 0 Å². The molecule has 1 amide bonds. The Hall–Kier alpha value is -1.75. The van der Waals surface area contributed by atoms with E-state index in [1.165, 1.54) is 0 Å². The Morgan fingerprint density at radius 1 is 1.35 bits per heavy atom. The van der Waals surface area contributed by atoms with Crippen molar-refractivity contribution >= 4 is 5.91 Å². The molecule has 1 heterocycles. The van der Waals surface area contributed by atoms with E-state index in [1.807, 2.05) is 0 Å². The minimum atomic E-state index is -0.124. The average Bonchev–Trinajstić information content (AvgIpc) is 2.48. The lowest BCUT2D eigenvalue weighted by Gasteiger charge is -2.30. The lowest BCUT2D eigenvalue weighted by molar-refractivity contribution is 0.0916. The van der Waals surface area contributed by atoms with Gasteiger partial charge in [-0.2, -0.15) is 0 Å². The molecule has 1 aliphatic rings. The number of benzene rings is 1. The Kier molecular flexibility index (Phi) is 4.84. The predicted octanol–water partition coefficient (Wildman–Crippen LogP) is 1.57. The van der Waals surface area contributed by atoms with Crippen LogP contribution < -0.4 is 20.1 Å². The van der Waals surface area contributed by atoms with Crippen molar-refractivity contribution in [2.75, 3.05) is 20.8 Å². The van der Waals surface area contributed by atoms with Crippen molar-refractivity contribution in [2.24, 2.45) is 0 Å². The van der Waals surface area contributed by atoms with Gasteiger partial charge in [0.25, 0.3) is 5.91 Å². The number of hydrogen-bond acceptors (Lipinski definition) is 4. The highest BCUT2D eigenvalue weighted by Crippen LogP contribution is 2.24. The Bertz CT molecular complexity index is 476. The Morgan fingerprint density at radius 2 is 2.15 bits per heavy atom. The third kappa shape index (κ3) is 3.22. The van der Waals surface area contributed by atoms with Crippen LogP contribution in [0.4, 0.5) is 0 Å². The summed E-state index contributed by atoms with van der Waals surface area (Å²) < 4.78 is 10.4. The summed E-state index contributed by atoms with van der Waals surface area (Å²) in [6, 6.07) is 5.66. The van der Waals surface area contributed by atoms with Crippen LogP contribution in [0.15, 0.2) is 18.2 Å². The van der Waals surface area contributed by atoms with E-state index in [-0.39, 0.29) is 18.0 Å². The molecule has 0 saturated carbocycles. The first-order chi connectivity index (χ1) is 9.65. The molecule has 1 fully saturated rings. The summed E-state index contributed by atoms with van der Waals surface area (Å²) in [5, 5.41) is 6.44. The van der Waals surface area contributed by atoms with Gasteiger partial charge in [-0.15, -0.1) is 0 Å². The van der Waals surface area contributed by atoms with Gasteiger partial charge in [-0.3, -0.25) is 4.79 Å². The van der Waals surface area contributed by atoms with Crippen LogP contribution in [0.2, 0.25) is 0 Å². The van der Waals surface area contributed by atoms with E-state index in [0.29, 0.717) is 17.1 Å². The van der Waals surface area contributed by atoms with Gasteiger partial charge in [0.2, 0.25) is 0 Å². The first-order valence-electron chi connectivity index (χ1n) is 6.92. The first kappa shape index (κ1) is 14.7. The van der Waals surface area contributed by atoms with E-state index in [1.54, 1.807) is 32.4 Å². The molecule has 1 aromatic rings. The predicted molar refractivity (Wildman–Crippen MR) is 77.5 cm³/mol. The topological polar surface area (TPSA) is 59.6 Å². The first-order valence-corrected chi connectivity index (χ1v) is 6.92. The second kappa shape index (κ2) is 6.61. The van der Waals surface area contributed by atoms with Crippen molar-refractivity contribution in [1.82, 2.24) is 10.6 Å². The van der Waals surface area contributed by atoms with Crippen LogP contribution in [0, 0.1) is 0 Å². The maximum atomic E-state index is 12.4. The highest BCUT2D eigenvalue weighted by Gasteiger charge is 2.24. The van der Waals surface area contributed by atoms with E-state index in [2.05, 4.69) is 17.6 Å². The van der Waals surface area contributed by atoms with E-state index in [4.69, 9.17) is 9.47 Å². The van der Waals surface area contributed by atoms with Gasteiger partial charge in [-0.05, 0) is 44.5 Å². The minimum absolute atomic E-state index is 0.124. The van der Waals surface area contributed by atoms with E-state index in [9.17, 15) is 4.79 Å². The molecule has 1 aromatic carbocycles. The summed E-state index contributed by atoms with van der Waals surface area (Å²) in [6.45, 7) is 3.10. The molecule has 2 atom stereocenters. The number of methoxy groups -OCH3 is 2. The number of nitrogens with one attached hydrogen (secondary N) is 2. The summed E-state index contributed by atoms with van der Waals surface area (Å²) >= 11 is 0. The lowest BCUT2D eigenvalue weighted by atomic mass is 9.99.